The van der Waals surface area contributed by atoms with E-state index in [9.17, 15) is 28.1 Å². The Morgan fingerprint density at radius 1 is 1.22 bits per heavy atom. The normalized spacial score (nSPS) is 15.7. The molecule has 2 aromatic rings. The molecule has 11 nitrogen and oxygen atoms in total. The van der Waals surface area contributed by atoms with Crippen LogP contribution in [0.1, 0.15) is 36.7 Å². The van der Waals surface area contributed by atoms with Gasteiger partial charge in [0, 0.05) is 13.1 Å². The van der Waals surface area contributed by atoms with Crippen LogP contribution in [0.5, 0.6) is 0 Å². The monoisotopic (exact) mass is 485 g/mol. The van der Waals surface area contributed by atoms with Gasteiger partial charge < -0.3 is 14.5 Å². The van der Waals surface area contributed by atoms with Gasteiger partial charge in [-0.15, -0.1) is 0 Å². The molecular weight excluding hydrogens is 466 g/mol. The molecule has 1 aliphatic heterocycles. The molecule has 1 saturated heterocycles. The Balaban J connectivity index is 1.70. The smallest absolute Gasteiger partial charge is 0.433 e. The molecule has 0 spiro atoms. The molecule has 32 heavy (non-hydrogen) atoms. The standard InChI is InChI=1S/C19H20ClN3O8S/c1-12(30-19(25)16-7-8-17(31-16)23(26)27)18(24)21-15-11-13(5-6-14(15)20)32(28,29)22-9-3-2-4-10-22/h5-8,11-12H,2-4,9-10H2,1H3,(H,21,24). The fraction of sp³-hybridized carbons (Fsp3) is 0.368. The van der Waals surface area contributed by atoms with Crippen molar-refractivity contribution in [3.63, 3.8) is 0 Å². The third-order valence-corrected chi connectivity index (χ3v) is 7.00. The van der Waals surface area contributed by atoms with Gasteiger partial charge in [-0.1, -0.05) is 18.0 Å². The molecule has 3 rings (SSSR count). The van der Waals surface area contributed by atoms with Gasteiger partial charge in [0.1, 0.15) is 4.92 Å². The minimum Gasteiger partial charge on any atom is -0.447 e. The Kier molecular flexibility index (Phi) is 7.16. The van der Waals surface area contributed by atoms with Crippen molar-refractivity contribution < 1.29 is 32.1 Å². The molecule has 0 aliphatic carbocycles. The number of furan rings is 1. The van der Waals surface area contributed by atoms with Gasteiger partial charge in [0.05, 0.1) is 21.7 Å². The van der Waals surface area contributed by atoms with Gasteiger partial charge in [0.25, 0.3) is 5.91 Å². The molecule has 1 unspecified atom stereocenters. The maximum atomic E-state index is 12.9. The van der Waals surface area contributed by atoms with Crippen molar-refractivity contribution in [3.05, 3.63) is 51.2 Å². The van der Waals surface area contributed by atoms with E-state index in [1.165, 1.54) is 29.4 Å². The van der Waals surface area contributed by atoms with Crippen LogP contribution in [0, 0.1) is 10.1 Å². The van der Waals surface area contributed by atoms with Crippen LogP contribution in [0.15, 0.2) is 39.6 Å². The van der Waals surface area contributed by atoms with Crippen LogP contribution < -0.4 is 5.32 Å². The van der Waals surface area contributed by atoms with Crippen LogP contribution in [0.2, 0.25) is 5.02 Å². The number of carbonyl (C=O) groups excluding carboxylic acids is 2. The van der Waals surface area contributed by atoms with E-state index in [1.807, 2.05) is 0 Å². The van der Waals surface area contributed by atoms with Gasteiger partial charge in [0.15, 0.2) is 6.10 Å². The zero-order chi connectivity index (χ0) is 23.5. The molecule has 1 amide bonds. The fourth-order valence-corrected chi connectivity index (χ4v) is 4.77. The number of amides is 1. The Hall–Kier alpha value is -2.96. The van der Waals surface area contributed by atoms with Gasteiger partial charge in [0.2, 0.25) is 15.8 Å². The van der Waals surface area contributed by atoms with Gasteiger partial charge >= 0.3 is 11.9 Å². The molecule has 1 N–H and O–H groups in total. The van der Waals surface area contributed by atoms with Crippen molar-refractivity contribution in [1.82, 2.24) is 4.31 Å². The molecule has 1 aromatic heterocycles. The Bertz CT molecular complexity index is 1140. The number of anilines is 1. The van der Waals surface area contributed by atoms with Crippen molar-refractivity contribution in [2.45, 2.75) is 37.2 Å². The second-order valence-electron chi connectivity index (χ2n) is 7.04. The van der Waals surface area contributed by atoms with Crippen molar-refractivity contribution in [2.75, 3.05) is 18.4 Å². The highest BCUT2D eigenvalue weighted by molar-refractivity contribution is 7.89. The molecule has 0 saturated carbocycles. The molecule has 1 aliphatic rings. The van der Waals surface area contributed by atoms with Gasteiger partial charge in [-0.25, -0.2) is 13.2 Å². The second-order valence-corrected chi connectivity index (χ2v) is 9.38. The Labute approximate surface area is 188 Å². The number of hydrogen-bond acceptors (Lipinski definition) is 8. The van der Waals surface area contributed by atoms with E-state index in [2.05, 4.69) is 5.32 Å². The molecule has 1 aromatic carbocycles. The summed E-state index contributed by atoms with van der Waals surface area (Å²) < 4.78 is 36.8. The average Bonchev–Trinajstić information content (AvgIpc) is 3.26. The summed E-state index contributed by atoms with van der Waals surface area (Å²) >= 11 is 6.11. The predicted molar refractivity (Wildman–Crippen MR) is 113 cm³/mol. The summed E-state index contributed by atoms with van der Waals surface area (Å²) in [5.74, 6) is -2.95. The first kappa shape index (κ1) is 23.7. The highest BCUT2D eigenvalue weighted by Gasteiger charge is 2.28. The van der Waals surface area contributed by atoms with E-state index < -0.39 is 44.6 Å². The quantitative estimate of drug-likeness (QED) is 0.357. The fourth-order valence-electron chi connectivity index (χ4n) is 3.06. The number of nitrogens with one attached hydrogen (secondary N) is 1. The lowest BCUT2D eigenvalue weighted by Gasteiger charge is -2.26. The lowest BCUT2D eigenvalue weighted by atomic mass is 10.2. The summed E-state index contributed by atoms with van der Waals surface area (Å²) in [6.07, 6.45) is 1.19. The number of rotatable bonds is 7. The number of hydrogen-bond donors (Lipinski definition) is 1. The minimum absolute atomic E-state index is 0.0216. The first-order chi connectivity index (χ1) is 15.1. The third kappa shape index (κ3) is 5.26. The molecular formula is C19H20ClN3O8S. The lowest BCUT2D eigenvalue weighted by Crippen LogP contribution is -2.35. The van der Waals surface area contributed by atoms with E-state index >= 15 is 0 Å². The number of ether oxygens (including phenoxy) is 1. The van der Waals surface area contributed by atoms with Gasteiger partial charge in [-0.3, -0.25) is 14.9 Å². The van der Waals surface area contributed by atoms with Crippen molar-refractivity contribution in [1.29, 1.82) is 0 Å². The maximum absolute atomic E-state index is 12.9. The zero-order valence-corrected chi connectivity index (χ0v) is 18.5. The Morgan fingerprint density at radius 2 is 1.91 bits per heavy atom. The number of sulfonamides is 1. The summed E-state index contributed by atoms with van der Waals surface area (Å²) in [6.45, 7) is 2.11. The van der Waals surface area contributed by atoms with Crippen molar-refractivity contribution in [3.8, 4) is 0 Å². The predicted octanol–water partition coefficient (Wildman–Crippen LogP) is 3.20. The minimum atomic E-state index is -3.75. The molecule has 2 heterocycles. The second kappa shape index (κ2) is 9.67. The molecule has 172 valence electrons. The van der Waals surface area contributed by atoms with E-state index in [0.29, 0.717) is 13.1 Å². The van der Waals surface area contributed by atoms with E-state index in [-0.39, 0.29) is 15.6 Å². The van der Waals surface area contributed by atoms with Crippen molar-refractivity contribution in [2.24, 2.45) is 0 Å². The van der Waals surface area contributed by atoms with Gasteiger partial charge in [-0.05, 0) is 44.0 Å². The zero-order valence-electron chi connectivity index (χ0n) is 16.9. The number of nitrogens with zero attached hydrogens (tertiary/aromatic N) is 2. The van der Waals surface area contributed by atoms with E-state index in [1.54, 1.807) is 0 Å². The van der Waals surface area contributed by atoms with Crippen LogP contribution in [0.4, 0.5) is 11.6 Å². The largest absolute Gasteiger partial charge is 0.447 e. The summed E-state index contributed by atoms with van der Waals surface area (Å²) in [7, 11) is -3.75. The van der Waals surface area contributed by atoms with Crippen LogP contribution in [-0.4, -0.2) is 48.7 Å². The first-order valence-electron chi connectivity index (χ1n) is 9.65. The number of benzene rings is 1. The van der Waals surface area contributed by atoms with Crippen LogP contribution in [0.3, 0.4) is 0 Å². The summed E-state index contributed by atoms with van der Waals surface area (Å²) in [4.78, 5) is 34.3. The lowest BCUT2D eigenvalue weighted by molar-refractivity contribution is -0.402. The summed E-state index contributed by atoms with van der Waals surface area (Å²) in [5, 5.41) is 13.2. The van der Waals surface area contributed by atoms with Crippen LogP contribution in [0.25, 0.3) is 0 Å². The number of halogens is 1. The topological polar surface area (TPSA) is 149 Å². The average molecular weight is 486 g/mol. The highest BCUT2D eigenvalue weighted by Crippen LogP contribution is 2.28. The molecule has 0 radical (unpaired) electrons. The van der Waals surface area contributed by atoms with E-state index in [4.69, 9.17) is 20.8 Å². The first-order valence-corrected chi connectivity index (χ1v) is 11.5. The molecule has 1 fully saturated rings. The van der Waals surface area contributed by atoms with Crippen LogP contribution >= 0.6 is 11.6 Å². The number of nitro groups is 1. The molecule has 1 atom stereocenters. The Morgan fingerprint density at radius 3 is 2.53 bits per heavy atom. The molecule has 0 bridgehead atoms. The highest BCUT2D eigenvalue weighted by atomic mass is 35.5. The number of carbonyl (C=O) groups is 2. The van der Waals surface area contributed by atoms with Crippen molar-refractivity contribution >= 4 is 45.1 Å². The number of esters is 1. The maximum Gasteiger partial charge on any atom is 0.433 e. The molecule has 13 heteroatoms. The van der Waals surface area contributed by atoms with E-state index in [0.717, 1.165) is 31.4 Å². The summed E-state index contributed by atoms with van der Waals surface area (Å²) in [6, 6.07) is 5.99. The van der Waals surface area contributed by atoms with Crippen LogP contribution in [-0.2, 0) is 19.6 Å². The van der Waals surface area contributed by atoms with Gasteiger partial charge in [-0.2, -0.15) is 4.31 Å². The third-order valence-electron chi connectivity index (χ3n) is 4.77. The SMILES string of the molecule is CC(OC(=O)c1ccc([N+](=O)[O-])o1)C(=O)Nc1cc(S(=O)(=O)N2CCCCC2)ccc1Cl. The number of piperidine rings is 1. The summed E-state index contributed by atoms with van der Waals surface area (Å²) in [5.41, 5.74) is 0.0336.